The zero-order chi connectivity index (χ0) is 11.3. The summed E-state index contributed by atoms with van der Waals surface area (Å²) in [6.07, 6.45) is 4.50. The Morgan fingerprint density at radius 2 is 2.06 bits per heavy atom. The Kier molecular flexibility index (Phi) is 2.31. The second kappa shape index (κ2) is 3.58. The summed E-state index contributed by atoms with van der Waals surface area (Å²) < 4.78 is 2.80. The molecule has 2 nitrogen and oxygen atoms in total. The van der Waals surface area contributed by atoms with Crippen LogP contribution < -0.4 is 5.56 Å². The van der Waals surface area contributed by atoms with Crippen LogP contribution in [0.15, 0.2) is 29.2 Å². The molecule has 1 aromatic carbocycles. The Bertz CT molecular complexity index is 626. The van der Waals surface area contributed by atoms with Crippen LogP contribution in [0.25, 0.3) is 10.8 Å². The number of fused-ring (bicyclic) bond motifs is 1. The third kappa shape index (κ3) is 1.57. The monoisotopic (exact) mass is 325 g/mol. The minimum absolute atomic E-state index is 0.0952. The van der Waals surface area contributed by atoms with Gasteiger partial charge in [-0.1, -0.05) is 6.07 Å². The molecule has 0 N–H and O–H groups in total. The van der Waals surface area contributed by atoms with Crippen LogP contribution in [-0.4, -0.2) is 4.57 Å². The SMILES string of the molecule is Cn1cc(I)c2cc(C3CC3)ccc2c1=O. The Balaban J connectivity index is 2.35. The highest BCUT2D eigenvalue weighted by atomic mass is 127. The van der Waals surface area contributed by atoms with Crippen LogP contribution in [0.5, 0.6) is 0 Å². The molecule has 0 spiro atoms. The fraction of sp³-hybridized carbons (Fsp3) is 0.308. The lowest BCUT2D eigenvalue weighted by Crippen LogP contribution is -2.16. The van der Waals surface area contributed by atoms with E-state index in [1.807, 2.05) is 12.3 Å². The van der Waals surface area contributed by atoms with Gasteiger partial charge in [0.1, 0.15) is 0 Å². The third-order valence-corrected chi connectivity index (χ3v) is 4.07. The predicted molar refractivity (Wildman–Crippen MR) is 73.9 cm³/mol. The molecule has 3 heteroatoms. The van der Waals surface area contributed by atoms with Crippen molar-refractivity contribution in [1.29, 1.82) is 0 Å². The van der Waals surface area contributed by atoms with Crippen LogP contribution in [0.2, 0.25) is 0 Å². The van der Waals surface area contributed by atoms with E-state index in [4.69, 9.17) is 0 Å². The summed E-state index contributed by atoms with van der Waals surface area (Å²) in [6.45, 7) is 0. The highest BCUT2D eigenvalue weighted by Crippen LogP contribution is 2.40. The first-order valence-corrected chi connectivity index (χ1v) is 6.53. The van der Waals surface area contributed by atoms with E-state index >= 15 is 0 Å². The molecule has 16 heavy (non-hydrogen) atoms. The average molecular weight is 325 g/mol. The topological polar surface area (TPSA) is 22.0 Å². The van der Waals surface area contributed by atoms with Gasteiger partial charge in [0.2, 0.25) is 0 Å². The van der Waals surface area contributed by atoms with Crippen molar-refractivity contribution < 1.29 is 0 Å². The lowest BCUT2D eigenvalue weighted by atomic mass is 10.1. The number of benzene rings is 1. The molecule has 0 unspecified atom stereocenters. The third-order valence-electron chi connectivity index (χ3n) is 3.21. The first kappa shape index (κ1) is 10.3. The molecule has 1 heterocycles. The second-order valence-corrected chi connectivity index (χ2v) is 5.63. The summed E-state index contributed by atoms with van der Waals surface area (Å²) in [7, 11) is 1.80. The van der Waals surface area contributed by atoms with Crippen molar-refractivity contribution in [2.45, 2.75) is 18.8 Å². The van der Waals surface area contributed by atoms with Crippen LogP contribution in [-0.2, 0) is 7.05 Å². The average Bonchev–Trinajstić information content (AvgIpc) is 3.09. The van der Waals surface area contributed by atoms with Crippen LogP contribution in [0.1, 0.15) is 24.3 Å². The van der Waals surface area contributed by atoms with E-state index in [0.717, 1.165) is 20.3 Å². The molecule has 3 rings (SSSR count). The van der Waals surface area contributed by atoms with Crippen molar-refractivity contribution in [2.75, 3.05) is 0 Å². The van der Waals surface area contributed by atoms with Gasteiger partial charge in [0, 0.05) is 27.6 Å². The largest absolute Gasteiger partial charge is 0.317 e. The Morgan fingerprint density at radius 1 is 1.31 bits per heavy atom. The molecule has 1 saturated carbocycles. The van der Waals surface area contributed by atoms with E-state index in [1.165, 1.54) is 18.4 Å². The van der Waals surface area contributed by atoms with Crippen LogP contribution >= 0.6 is 22.6 Å². The van der Waals surface area contributed by atoms with Gasteiger partial charge in [0.05, 0.1) is 0 Å². The van der Waals surface area contributed by atoms with Gasteiger partial charge in [0.25, 0.3) is 5.56 Å². The van der Waals surface area contributed by atoms with Gasteiger partial charge in [0.15, 0.2) is 0 Å². The Labute approximate surface area is 107 Å². The highest BCUT2D eigenvalue weighted by molar-refractivity contribution is 14.1. The normalized spacial score (nSPS) is 15.6. The molecule has 2 aromatic rings. The zero-order valence-corrected chi connectivity index (χ0v) is 11.2. The molecule has 1 aliphatic carbocycles. The maximum Gasteiger partial charge on any atom is 0.258 e. The van der Waals surface area contributed by atoms with Crippen molar-refractivity contribution in [2.24, 2.45) is 7.05 Å². The zero-order valence-electron chi connectivity index (χ0n) is 9.03. The molecular weight excluding hydrogens is 313 g/mol. The molecule has 0 amide bonds. The molecule has 0 radical (unpaired) electrons. The van der Waals surface area contributed by atoms with E-state index in [0.29, 0.717) is 0 Å². The smallest absolute Gasteiger partial charge is 0.258 e. The van der Waals surface area contributed by atoms with Crippen molar-refractivity contribution in [3.8, 4) is 0 Å². The van der Waals surface area contributed by atoms with Crippen LogP contribution in [0.4, 0.5) is 0 Å². The summed E-state index contributed by atoms with van der Waals surface area (Å²) in [5.41, 5.74) is 1.48. The van der Waals surface area contributed by atoms with Crippen LogP contribution in [0, 0.1) is 3.57 Å². The van der Waals surface area contributed by atoms with E-state index in [-0.39, 0.29) is 5.56 Å². The number of aryl methyl sites for hydroxylation is 1. The fourth-order valence-corrected chi connectivity index (χ4v) is 2.97. The highest BCUT2D eigenvalue weighted by Gasteiger charge is 2.23. The maximum absolute atomic E-state index is 11.9. The fourth-order valence-electron chi connectivity index (χ4n) is 2.10. The van der Waals surface area contributed by atoms with E-state index in [2.05, 4.69) is 34.7 Å². The minimum Gasteiger partial charge on any atom is -0.317 e. The van der Waals surface area contributed by atoms with Crippen molar-refractivity contribution >= 4 is 33.4 Å². The standard InChI is InChI=1S/C13H12INO/c1-15-7-12(14)11-6-9(8-2-3-8)4-5-10(11)13(15)16/h4-8H,2-3H2,1H3. The van der Waals surface area contributed by atoms with Crippen molar-refractivity contribution in [3.63, 3.8) is 0 Å². The second-order valence-electron chi connectivity index (χ2n) is 4.47. The molecule has 1 aliphatic rings. The van der Waals surface area contributed by atoms with Gasteiger partial charge in [-0.25, -0.2) is 0 Å². The molecule has 1 fully saturated rings. The van der Waals surface area contributed by atoms with E-state index < -0.39 is 0 Å². The molecule has 0 aliphatic heterocycles. The summed E-state index contributed by atoms with van der Waals surface area (Å²) >= 11 is 2.30. The van der Waals surface area contributed by atoms with E-state index in [9.17, 15) is 4.79 Å². The number of hydrogen-bond donors (Lipinski definition) is 0. The number of rotatable bonds is 1. The van der Waals surface area contributed by atoms with Crippen molar-refractivity contribution in [3.05, 3.63) is 43.9 Å². The summed E-state index contributed by atoms with van der Waals surface area (Å²) in [5, 5.41) is 1.94. The molecule has 0 bridgehead atoms. The number of nitrogens with zero attached hydrogens (tertiary/aromatic N) is 1. The molecule has 0 saturated heterocycles. The molecule has 0 atom stereocenters. The quantitative estimate of drug-likeness (QED) is 0.739. The summed E-state index contributed by atoms with van der Waals surface area (Å²) in [4.78, 5) is 11.9. The summed E-state index contributed by atoms with van der Waals surface area (Å²) in [5.74, 6) is 0.740. The van der Waals surface area contributed by atoms with Crippen molar-refractivity contribution in [1.82, 2.24) is 4.57 Å². The lowest BCUT2D eigenvalue weighted by molar-refractivity contribution is 0.868. The number of halogens is 1. The molecule has 82 valence electrons. The maximum atomic E-state index is 11.9. The first-order chi connectivity index (χ1) is 7.66. The number of pyridine rings is 1. The number of aromatic nitrogens is 1. The summed E-state index contributed by atoms with van der Waals surface area (Å²) in [6, 6.07) is 6.28. The Morgan fingerprint density at radius 3 is 2.75 bits per heavy atom. The lowest BCUT2D eigenvalue weighted by Gasteiger charge is -2.06. The van der Waals surface area contributed by atoms with E-state index in [1.54, 1.807) is 11.6 Å². The van der Waals surface area contributed by atoms with Gasteiger partial charge in [-0.2, -0.15) is 0 Å². The van der Waals surface area contributed by atoms with Gasteiger partial charge >= 0.3 is 0 Å². The van der Waals surface area contributed by atoms with Gasteiger partial charge in [-0.15, -0.1) is 0 Å². The van der Waals surface area contributed by atoms with Crippen LogP contribution in [0.3, 0.4) is 0 Å². The first-order valence-electron chi connectivity index (χ1n) is 5.45. The molecule has 1 aromatic heterocycles. The molecular formula is C13H12INO. The minimum atomic E-state index is 0.0952. The van der Waals surface area contributed by atoms with Gasteiger partial charge < -0.3 is 4.57 Å². The number of hydrogen-bond acceptors (Lipinski definition) is 1. The Hall–Kier alpha value is -0.840. The van der Waals surface area contributed by atoms with Gasteiger partial charge in [-0.05, 0) is 59.0 Å². The van der Waals surface area contributed by atoms with Gasteiger partial charge in [-0.3, -0.25) is 4.79 Å². The predicted octanol–water partition coefficient (Wildman–Crippen LogP) is 3.02.